The van der Waals surface area contributed by atoms with E-state index in [4.69, 9.17) is 9.47 Å². The summed E-state index contributed by atoms with van der Waals surface area (Å²) >= 11 is 0. The van der Waals surface area contributed by atoms with Crippen molar-refractivity contribution in [3.63, 3.8) is 0 Å². The van der Waals surface area contributed by atoms with Gasteiger partial charge in [-0.25, -0.2) is 0 Å². The Hall–Kier alpha value is -1.02. The van der Waals surface area contributed by atoms with E-state index >= 15 is 0 Å². The fourth-order valence-corrected chi connectivity index (χ4v) is 2.44. The number of halogens is 1. The average Bonchev–Trinajstić information content (AvgIpc) is 2.48. The second kappa shape index (κ2) is 9.32. The zero-order valence-electron chi connectivity index (χ0n) is 14.5. The van der Waals surface area contributed by atoms with Crippen LogP contribution in [-0.4, -0.2) is 51.3 Å². The van der Waals surface area contributed by atoms with Crippen molar-refractivity contribution >= 4 is 29.9 Å². The standard InChI is InChI=1S/C17H27N3O2.HI/c1-5-22-15-8-6-14(7-9-15)10-20(4)16(18-3)19-11-17(2)12-21-13-17;/h6-9H,5,10-13H2,1-4H3,(H,18,19);1H. The van der Waals surface area contributed by atoms with Crippen molar-refractivity contribution in [2.24, 2.45) is 10.4 Å². The number of ether oxygens (including phenoxy) is 2. The Morgan fingerprint density at radius 2 is 2.00 bits per heavy atom. The quantitative estimate of drug-likeness (QED) is 0.426. The lowest BCUT2D eigenvalue weighted by Gasteiger charge is -2.39. The minimum atomic E-state index is 0. The third kappa shape index (κ3) is 5.84. The van der Waals surface area contributed by atoms with E-state index in [0.29, 0.717) is 6.61 Å². The molecule has 130 valence electrons. The SMILES string of the molecule is CCOc1ccc(CN(C)C(=NC)NCC2(C)COC2)cc1.I. The molecule has 23 heavy (non-hydrogen) atoms. The number of guanidine groups is 1. The third-order valence-corrected chi connectivity index (χ3v) is 3.80. The van der Waals surface area contributed by atoms with Gasteiger partial charge in [0, 0.05) is 32.6 Å². The van der Waals surface area contributed by atoms with Crippen molar-refractivity contribution in [3.8, 4) is 5.75 Å². The van der Waals surface area contributed by atoms with Gasteiger partial charge in [-0.2, -0.15) is 0 Å². The molecule has 1 aromatic rings. The van der Waals surface area contributed by atoms with Crippen molar-refractivity contribution < 1.29 is 9.47 Å². The van der Waals surface area contributed by atoms with E-state index in [9.17, 15) is 0 Å². The average molecular weight is 433 g/mol. The summed E-state index contributed by atoms with van der Waals surface area (Å²) in [5.41, 5.74) is 1.46. The summed E-state index contributed by atoms with van der Waals surface area (Å²) in [7, 11) is 3.86. The maximum atomic E-state index is 5.47. The number of benzene rings is 1. The molecular formula is C17H28IN3O2. The molecule has 6 heteroatoms. The molecule has 0 saturated carbocycles. The summed E-state index contributed by atoms with van der Waals surface area (Å²) < 4.78 is 10.8. The van der Waals surface area contributed by atoms with E-state index in [1.54, 1.807) is 0 Å². The van der Waals surface area contributed by atoms with Gasteiger partial charge in [0.25, 0.3) is 0 Å². The molecule has 0 aliphatic carbocycles. The first kappa shape index (κ1) is 20.0. The van der Waals surface area contributed by atoms with Gasteiger partial charge in [-0.3, -0.25) is 4.99 Å². The van der Waals surface area contributed by atoms with E-state index in [1.165, 1.54) is 5.56 Å². The molecule has 1 fully saturated rings. The van der Waals surface area contributed by atoms with E-state index in [-0.39, 0.29) is 29.4 Å². The van der Waals surface area contributed by atoms with Crippen LogP contribution in [0.5, 0.6) is 5.75 Å². The van der Waals surface area contributed by atoms with Crippen LogP contribution in [0, 0.1) is 5.41 Å². The lowest BCUT2D eigenvalue weighted by Crippen LogP contribution is -2.51. The Kier molecular flexibility index (Phi) is 8.11. The van der Waals surface area contributed by atoms with Crippen LogP contribution in [0.2, 0.25) is 0 Å². The van der Waals surface area contributed by atoms with Gasteiger partial charge in [0.2, 0.25) is 0 Å². The van der Waals surface area contributed by atoms with Gasteiger partial charge in [-0.1, -0.05) is 19.1 Å². The van der Waals surface area contributed by atoms with E-state index in [1.807, 2.05) is 33.2 Å². The lowest BCUT2D eigenvalue weighted by atomic mass is 9.89. The highest BCUT2D eigenvalue weighted by atomic mass is 127. The molecule has 0 atom stereocenters. The fraction of sp³-hybridized carbons (Fsp3) is 0.588. The van der Waals surface area contributed by atoms with Crippen LogP contribution in [0.15, 0.2) is 29.3 Å². The molecule has 1 aromatic carbocycles. The number of hydrogen-bond donors (Lipinski definition) is 1. The monoisotopic (exact) mass is 433 g/mol. The second-order valence-corrected chi connectivity index (χ2v) is 6.14. The highest BCUT2D eigenvalue weighted by Gasteiger charge is 2.33. The highest BCUT2D eigenvalue weighted by Crippen LogP contribution is 2.25. The normalized spacial score (nSPS) is 16.1. The predicted molar refractivity (Wildman–Crippen MR) is 105 cm³/mol. The molecule has 0 unspecified atom stereocenters. The van der Waals surface area contributed by atoms with Crippen molar-refractivity contribution in [1.82, 2.24) is 10.2 Å². The molecule has 0 spiro atoms. The Labute approximate surface area is 156 Å². The molecule has 0 amide bonds. The van der Waals surface area contributed by atoms with Gasteiger partial charge in [0.1, 0.15) is 5.75 Å². The number of nitrogens with zero attached hydrogens (tertiary/aromatic N) is 2. The Balaban J connectivity index is 0.00000264. The van der Waals surface area contributed by atoms with Crippen LogP contribution in [0.4, 0.5) is 0 Å². The van der Waals surface area contributed by atoms with Crippen LogP contribution in [-0.2, 0) is 11.3 Å². The molecule has 2 rings (SSSR count). The largest absolute Gasteiger partial charge is 0.494 e. The smallest absolute Gasteiger partial charge is 0.193 e. The molecule has 5 nitrogen and oxygen atoms in total. The first-order chi connectivity index (χ1) is 10.6. The van der Waals surface area contributed by atoms with Crippen LogP contribution >= 0.6 is 24.0 Å². The van der Waals surface area contributed by atoms with Crippen molar-refractivity contribution in [2.75, 3.05) is 40.5 Å². The van der Waals surface area contributed by atoms with Crippen molar-refractivity contribution in [1.29, 1.82) is 0 Å². The van der Waals surface area contributed by atoms with Gasteiger partial charge < -0.3 is 19.7 Å². The highest BCUT2D eigenvalue weighted by molar-refractivity contribution is 14.0. The van der Waals surface area contributed by atoms with Crippen molar-refractivity contribution in [3.05, 3.63) is 29.8 Å². The molecule has 1 aliphatic rings. The first-order valence-electron chi connectivity index (χ1n) is 7.77. The summed E-state index contributed by atoms with van der Waals surface area (Å²) in [6, 6.07) is 8.21. The zero-order valence-corrected chi connectivity index (χ0v) is 16.8. The van der Waals surface area contributed by atoms with Gasteiger partial charge in [0.05, 0.1) is 19.8 Å². The second-order valence-electron chi connectivity index (χ2n) is 6.14. The fourth-order valence-electron chi connectivity index (χ4n) is 2.44. The molecule has 1 saturated heterocycles. The summed E-state index contributed by atoms with van der Waals surface area (Å²) in [4.78, 5) is 6.48. The Morgan fingerprint density at radius 1 is 1.35 bits per heavy atom. The third-order valence-electron chi connectivity index (χ3n) is 3.80. The first-order valence-corrected chi connectivity index (χ1v) is 7.77. The summed E-state index contributed by atoms with van der Waals surface area (Å²) in [6.45, 7) is 8.23. The van der Waals surface area contributed by atoms with Crippen LogP contribution in [0.25, 0.3) is 0 Å². The van der Waals surface area contributed by atoms with Gasteiger partial charge in [-0.05, 0) is 24.6 Å². The van der Waals surface area contributed by atoms with E-state index in [2.05, 4.69) is 34.3 Å². The summed E-state index contributed by atoms with van der Waals surface area (Å²) in [5.74, 6) is 1.82. The van der Waals surface area contributed by atoms with Gasteiger partial charge in [0.15, 0.2) is 5.96 Å². The summed E-state index contributed by atoms with van der Waals surface area (Å²) in [6.07, 6.45) is 0. The molecule has 0 aromatic heterocycles. The van der Waals surface area contributed by atoms with Crippen LogP contribution in [0.3, 0.4) is 0 Å². The van der Waals surface area contributed by atoms with E-state index < -0.39 is 0 Å². The Bertz CT molecular complexity index is 501. The number of rotatable bonds is 6. The maximum absolute atomic E-state index is 5.47. The van der Waals surface area contributed by atoms with Crippen LogP contribution in [0.1, 0.15) is 19.4 Å². The zero-order chi connectivity index (χ0) is 16.0. The topological polar surface area (TPSA) is 46.1 Å². The molecule has 1 N–H and O–H groups in total. The number of aliphatic imine (C=N–C) groups is 1. The number of hydrogen-bond acceptors (Lipinski definition) is 3. The molecule has 1 heterocycles. The van der Waals surface area contributed by atoms with Gasteiger partial charge in [-0.15, -0.1) is 24.0 Å². The molecule has 1 aliphatic heterocycles. The maximum Gasteiger partial charge on any atom is 0.193 e. The minimum absolute atomic E-state index is 0. The van der Waals surface area contributed by atoms with Gasteiger partial charge >= 0.3 is 0 Å². The van der Waals surface area contributed by atoms with E-state index in [0.717, 1.165) is 38.0 Å². The molecule has 0 radical (unpaired) electrons. The Morgan fingerprint density at radius 3 is 2.48 bits per heavy atom. The van der Waals surface area contributed by atoms with Crippen molar-refractivity contribution in [2.45, 2.75) is 20.4 Å². The number of nitrogens with one attached hydrogen (secondary N) is 1. The molecule has 0 bridgehead atoms. The lowest BCUT2D eigenvalue weighted by molar-refractivity contribution is -0.0972. The molecular weight excluding hydrogens is 405 g/mol. The summed E-state index contributed by atoms with van der Waals surface area (Å²) in [5, 5.41) is 3.43. The minimum Gasteiger partial charge on any atom is -0.494 e. The van der Waals surface area contributed by atoms with Crippen LogP contribution < -0.4 is 10.1 Å². The predicted octanol–water partition coefficient (Wildman–Crippen LogP) is 2.75.